The van der Waals surface area contributed by atoms with Gasteiger partial charge in [0.2, 0.25) is 0 Å². The molecule has 30 heavy (non-hydrogen) atoms. The Bertz CT molecular complexity index is 898. The topological polar surface area (TPSA) is 80.9 Å². The van der Waals surface area contributed by atoms with Crippen molar-refractivity contribution in [1.82, 2.24) is 0 Å². The van der Waals surface area contributed by atoms with Gasteiger partial charge in [-0.15, -0.1) is 0 Å². The van der Waals surface area contributed by atoms with E-state index in [1.807, 2.05) is 24.3 Å². The van der Waals surface area contributed by atoms with E-state index < -0.39 is 14.2 Å². The van der Waals surface area contributed by atoms with Gasteiger partial charge in [-0.25, -0.2) is 0 Å². The Morgan fingerprint density at radius 1 is 0.700 bits per heavy atom. The number of hydrogen-bond acceptors (Lipinski definition) is 4. The van der Waals surface area contributed by atoms with Gasteiger partial charge < -0.3 is 20.1 Å². The molecule has 4 aliphatic carbocycles. The maximum absolute atomic E-state index is 9.57. The van der Waals surface area contributed by atoms with Gasteiger partial charge in [-0.2, -0.15) is 0 Å². The summed E-state index contributed by atoms with van der Waals surface area (Å²) in [6.45, 7) is 4.21. The highest BCUT2D eigenvalue weighted by molar-refractivity contribution is 6.59. The predicted octanol–water partition coefficient (Wildman–Crippen LogP) is 1.45. The molecule has 4 fully saturated rings. The van der Waals surface area contributed by atoms with Gasteiger partial charge in [0.25, 0.3) is 0 Å². The van der Waals surface area contributed by atoms with E-state index in [0.717, 1.165) is 29.4 Å². The molecule has 0 aromatic heterocycles. The Kier molecular flexibility index (Phi) is 4.71. The molecule has 2 aromatic rings. The van der Waals surface area contributed by atoms with Crippen molar-refractivity contribution in [2.75, 3.05) is 0 Å². The number of aryl methyl sites for hydroxylation is 2. The van der Waals surface area contributed by atoms with Crippen LogP contribution in [0.1, 0.15) is 60.8 Å². The van der Waals surface area contributed by atoms with Gasteiger partial charge in [0.1, 0.15) is 0 Å². The van der Waals surface area contributed by atoms with Crippen LogP contribution in [-0.2, 0) is 10.8 Å². The van der Waals surface area contributed by atoms with Gasteiger partial charge in [-0.05, 0) is 108 Å². The second-order valence-electron chi connectivity index (χ2n) is 10.4. The third-order valence-corrected chi connectivity index (χ3v) is 8.30. The second-order valence-corrected chi connectivity index (χ2v) is 10.4. The van der Waals surface area contributed by atoms with Crippen molar-refractivity contribution >= 4 is 25.2 Å². The number of hydrogen-bond donors (Lipinski definition) is 4. The fraction of sp³-hybridized carbons (Fsp3) is 0.500. The minimum absolute atomic E-state index is 0.148. The van der Waals surface area contributed by atoms with Crippen molar-refractivity contribution in [3.05, 3.63) is 58.7 Å². The van der Waals surface area contributed by atoms with Crippen LogP contribution in [0.15, 0.2) is 36.4 Å². The lowest BCUT2D eigenvalue weighted by atomic mass is 9.41. The summed E-state index contributed by atoms with van der Waals surface area (Å²) in [6, 6.07) is 11.9. The lowest BCUT2D eigenvalue weighted by Gasteiger charge is -2.63. The standard InChI is InChI=1S/C24H30B2O4/c1-15-7-19(25(27)28)3-5-21(15)23-10-17-9-18(11-23)13-24(12-17,14-23)22-6-4-20(26(29)30)8-16(22)2/h3-8,17-18,27-30H,9-14H2,1-2H3. The van der Waals surface area contributed by atoms with Crippen molar-refractivity contribution in [2.45, 2.75) is 63.2 Å². The fourth-order valence-electron chi connectivity index (χ4n) is 7.78. The Morgan fingerprint density at radius 2 is 1.10 bits per heavy atom. The van der Waals surface area contributed by atoms with Crippen LogP contribution < -0.4 is 10.9 Å². The van der Waals surface area contributed by atoms with Gasteiger partial charge in [0.15, 0.2) is 0 Å². The smallest absolute Gasteiger partial charge is 0.423 e. The first-order valence-electron chi connectivity index (χ1n) is 11.2. The van der Waals surface area contributed by atoms with Crippen molar-refractivity contribution in [1.29, 1.82) is 0 Å². The Labute approximate surface area is 179 Å². The third kappa shape index (κ3) is 3.08. The van der Waals surface area contributed by atoms with E-state index in [1.165, 1.54) is 43.2 Å². The Hall–Kier alpha value is -1.59. The molecule has 4 nitrogen and oxygen atoms in total. The summed E-state index contributed by atoms with van der Waals surface area (Å²) >= 11 is 0. The van der Waals surface area contributed by atoms with Crippen LogP contribution in [0.5, 0.6) is 0 Å². The summed E-state index contributed by atoms with van der Waals surface area (Å²) in [5, 5.41) is 38.3. The summed E-state index contributed by atoms with van der Waals surface area (Å²) in [4.78, 5) is 0. The van der Waals surface area contributed by atoms with Crippen LogP contribution in [0, 0.1) is 25.7 Å². The molecule has 6 heteroatoms. The van der Waals surface area contributed by atoms with E-state index in [0.29, 0.717) is 10.9 Å². The number of rotatable bonds is 4. The van der Waals surface area contributed by atoms with Crippen molar-refractivity contribution < 1.29 is 20.1 Å². The average Bonchev–Trinajstić information content (AvgIpc) is 2.66. The Balaban J connectivity index is 1.58. The third-order valence-electron chi connectivity index (χ3n) is 8.30. The van der Waals surface area contributed by atoms with Crippen LogP contribution in [0.3, 0.4) is 0 Å². The molecule has 4 N–H and O–H groups in total. The van der Waals surface area contributed by atoms with Gasteiger partial charge >= 0.3 is 14.2 Å². The second kappa shape index (κ2) is 6.96. The molecule has 2 aromatic carbocycles. The molecular weight excluding hydrogens is 374 g/mol. The van der Waals surface area contributed by atoms with Gasteiger partial charge in [-0.1, -0.05) is 36.4 Å². The van der Waals surface area contributed by atoms with Crippen LogP contribution in [-0.4, -0.2) is 34.3 Å². The molecule has 0 aliphatic heterocycles. The van der Waals surface area contributed by atoms with E-state index in [4.69, 9.17) is 0 Å². The minimum atomic E-state index is -1.43. The quantitative estimate of drug-likeness (QED) is 0.582. The maximum atomic E-state index is 9.57. The molecule has 0 atom stereocenters. The first-order valence-corrected chi connectivity index (χ1v) is 11.2. The van der Waals surface area contributed by atoms with Crippen molar-refractivity contribution in [3.8, 4) is 0 Å². The maximum Gasteiger partial charge on any atom is 0.488 e. The van der Waals surface area contributed by atoms with E-state index >= 15 is 0 Å². The average molecular weight is 404 g/mol. The molecule has 4 bridgehead atoms. The van der Waals surface area contributed by atoms with E-state index in [9.17, 15) is 20.1 Å². The fourth-order valence-corrected chi connectivity index (χ4v) is 7.78. The molecule has 0 amide bonds. The molecule has 0 radical (unpaired) electrons. The molecule has 4 aliphatic rings. The highest BCUT2D eigenvalue weighted by Gasteiger charge is 2.59. The zero-order valence-electron chi connectivity index (χ0n) is 17.8. The lowest BCUT2D eigenvalue weighted by Crippen LogP contribution is -2.56. The summed E-state index contributed by atoms with van der Waals surface area (Å²) in [5.74, 6) is 1.44. The van der Waals surface area contributed by atoms with E-state index in [-0.39, 0.29) is 10.8 Å². The summed E-state index contributed by atoms with van der Waals surface area (Å²) in [5.41, 5.74) is 6.50. The highest BCUT2D eigenvalue weighted by atomic mass is 16.4. The molecule has 0 unspecified atom stereocenters. The molecule has 0 saturated heterocycles. The molecule has 0 heterocycles. The van der Waals surface area contributed by atoms with Crippen LogP contribution in [0.2, 0.25) is 0 Å². The van der Waals surface area contributed by atoms with Gasteiger partial charge in [-0.3, -0.25) is 0 Å². The molecule has 6 rings (SSSR count). The van der Waals surface area contributed by atoms with Crippen LogP contribution in [0.25, 0.3) is 0 Å². The van der Waals surface area contributed by atoms with Gasteiger partial charge in [0, 0.05) is 0 Å². The van der Waals surface area contributed by atoms with Crippen molar-refractivity contribution in [3.63, 3.8) is 0 Å². The molecule has 0 spiro atoms. The lowest BCUT2D eigenvalue weighted by molar-refractivity contribution is -0.0286. The minimum Gasteiger partial charge on any atom is -0.423 e. The predicted molar refractivity (Wildman–Crippen MR) is 120 cm³/mol. The largest absolute Gasteiger partial charge is 0.488 e. The monoisotopic (exact) mass is 404 g/mol. The molecular formula is C24H30B2O4. The highest BCUT2D eigenvalue weighted by Crippen LogP contribution is 2.66. The summed E-state index contributed by atoms with van der Waals surface area (Å²) in [7, 11) is -2.85. The normalized spacial score (nSPS) is 31.8. The van der Waals surface area contributed by atoms with Crippen LogP contribution >= 0.6 is 0 Å². The van der Waals surface area contributed by atoms with Gasteiger partial charge in [0.05, 0.1) is 0 Å². The van der Waals surface area contributed by atoms with E-state index in [2.05, 4.69) is 26.0 Å². The first kappa shape index (κ1) is 20.3. The SMILES string of the molecule is Cc1cc(B(O)O)ccc1C12CC3CC(C1)CC(c1ccc(B(O)O)cc1C)(C3)C2. The molecule has 156 valence electrons. The van der Waals surface area contributed by atoms with Crippen LogP contribution in [0.4, 0.5) is 0 Å². The Morgan fingerprint density at radius 3 is 1.43 bits per heavy atom. The number of benzene rings is 2. The van der Waals surface area contributed by atoms with E-state index in [1.54, 1.807) is 0 Å². The van der Waals surface area contributed by atoms with Crippen molar-refractivity contribution in [2.24, 2.45) is 11.8 Å². The zero-order chi connectivity index (χ0) is 21.3. The summed E-state index contributed by atoms with van der Waals surface area (Å²) in [6.07, 6.45) is 7.33. The first-order chi connectivity index (χ1) is 14.2. The molecule has 4 saturated carbocycles. The summed E-state index contributed by atoms with van der Waals surface area (Å²) < 4.78 is 0. The zero-order valence-corrected chi connectivity index (χ0v) is 17.8.